The number of piperazine rings is 1. The molecule has 29 heavy (non-hydrogen) atoms. The van der Waals surface area contributed by atoms with Crippen LogP contribution in [0.25, 0.3) is 0 Å². The molecule has 1 amide bonds. The van der Waals surface area contributed by atoms with E-state index in [4.69, 9.17) is 0 Å². The van der Waals surface area contributed by atoms with Gasteiger partial charge in [0.15, 0.2) is 0 Å². The second-order valence-electron chi connectivity index (χ2n) is 7.30. The van der Waals surface area contributed by atoms with E-state index in [1.54, 1.807) is 6.07 Å². The molecule has 156 valence electrons. The van der Waals surface area contributed by atoms with Crippen molar-refractivity contribution in [3.05, 3.63) is 54.3 Å². The molecular formula is C23H31FN4O. The molecule has 0 radical (unpaired) electrons. The molecule has 2 aromatic rings. The summed E-state index contributed by atoms with van der Waals surface area (Å²) in [7, 11) is 0. The molecular weight excluding hydrogens is 367 g/mol. The average Bonchev–Trinajstić information content (AvgIpc) is 2.75. The second kappa shape index (κ2) is 10.3. The van der Waals surface area contributed by atoms with Crippen molar-refractivity contribution >= 4 is 23.0 Å². The summed E-state index contributed by atoms with van der Waals surface area (Å²) < 4.78 is 13.9. The number of nitrogens with zero attached hydrogens (tertiary/aromatic N) is 3. The quantitative estimate of drug-likeness (QED) is 0.734. The first-order chi connectivity index (χ1) is 14.1. The maximum absolute atomic E-state index is 13.9. The maximum Gasteiger partial charge on any atom is 0.225 e. The number of carbonyl (C=O) groups excluding carboxylic acids is 1. The molecule has 5 nitrogen and oxygen atoms in total. The number of halogens is 1. The highest BCUT2D eigenvalue weighted by Crippen LogP contribution is 2.20. The lowest BCUT2D eigenvalue weighted by Gasteiger charge is -2.36. The van der Waals surface area contributed by atoms with Gasteiger partial charge in [-0.3, -0.25) is 9.69 Å². The van der Waals surface area contributed by atoms with Gasteiger partial charge < -0.3 is 15.1 Å². The Bertz CT molecular complexity index is 784. The molecule has 1 heterocycles. The molecule has 0 aromatic heterocycles. The van der Waals surface area contributed by atoms with Crippen LogP contribution in [0.5, 0.6) is 0 Å². The predicted octanol–water partition coefficient (Wildman–Crippen LogP) is 3.82. The number of benzene rings is 2. The van der Waals surface area contributed by atoms with Crippen molar-refractivity contribution in [2.24, 2.45) is 0 Å². The summed E-state index contributed by atoms with van der Waals surface area (Å²) >= 11 is 0. The Morgan fingerprint density at radius 3 is 2.28 bits per heavy atom. The van der Waals surface area contributed by atoms with Crippen LogP contribution in [0.1, 0.15) is 20.3 Å². The van der Waals surface area contributed by atoms with Gasteiger partial charge in [0.2, 0.25) is 5.91 Å². The molecule has 1 aliphatic rings. The van der Waals surface area contributed by atoms with Gasteiger partial charge in [0.25, 0.3) is 0 Å². The van der Waals surface area contributed by atoms with Crippen molar-refractivity contribution in [2.75, 3.05) is 60.9 Å². The van der Waals surface area contributed by atoms with E-state index in [0.29, 0.717) is 18.7 Å². The average molecular weight is 399 g/mol. The summed E-state index contributed by atoms with van der Waals surface area (Å²) in [4.78, 5) is 18.9. The molecule has 0 atom stereocenters. The minimum atomic E-state index is -0.174. The van der Waals surface area contributed by atoms with Gasteiger partial charge in [-0.2, -0.15) is 0 Å². The van der Waals surface area contributed by atoms with Gasteiger partial charge in [-0.25, -0.2) is 4.39 Å². The number of para-hydroxylation sites is 1. The zero-order chi connectivity index (χ0) is 20.6. The van der Waals surface area contributed by atoms with Gasteiger partial charge in [0.05, 0.1) is 5.69 Å². The SMILES string of the molecule is CCN(CC)c1ccc(NC(=O)CCN2CCN(c3ccccc3F)CC2)cc1. The largest absolute Gasteiger partial charge is 0.372 e. The lowest BCUT2D eigenvalue weighted by atomic mass is 10.2. The molecule has 0 spiro atoms. The molecule has 0 saturated carbocycles. The van der Waals surface area contributed by atoms with Gasteiger partial charge >= 0.3 is 0 Å². The van der Waals surface area contributed by atoms with Crippen molar-refractivity contribution in [2.45, 2.75) is 20.3 Å². The van der Waals surface area contributed by atoms with E-state index < -0.39 is 0 Å². The Morgan fingerprint density at radius 1 is 1.00 bits per heavy atom. The third kappa shape index (κ3) is 5.70. The summed E-state index contributed by atoms with van der Waals surface area (Å²) in [6, 6.07) is 14.9. The monoisotopic (exact) mass is 398 g/mol. The van der Waals surface area contributed by atoms with Crippen LogP contribution in [-0.4, -0.2) is 56.6 Å². The number of rotatable bonds is 8. The van der Waals surface area contributed by atoms with Gasteiger partial charge in [-0.05, 0) is 50.2 Å². The van der Waals surface area contributed by atoms with E-state index in [1.165, 1.54) is 11.8 Å². The van der Waals surface area contributed by atoms with Gasteiger partial charge in [-0.1, -0.05) is 12.1 Å². The van der Waals surface area contributed by atoms with Crippen molar-refractivity contribution in [1.82, 2.24) is 4.90 Å². The Balaban J connectivity index is 1.42. The van der Waals surface area contributed by atoms with Crippen LogP contribution in [0.2, 0.25) is 0 Å². The van der Waals surface area contributed by atoms with Crippen LogP contribution in [0.4, 0.5) is 21.5 Å². The van der Waals surface area contributed by atoms with Gasteiger partial charge in [-0.15, -0.1) is 0 Å². The Labute approximate surface area is 173 Å². The molecule has 0 bridgehead atoms. The first kappa shape index (κ1) is 21.1. The molecule has 1 aliphatic heterocycles. The Hall–Kier alpha value is -2.60. The van der Waals surface area contributed by atoms with E-state index in [0.717, 1.165) is 45.0 Å². The van der Waals surface area contributed by atoms with Crippen LogP contribution < -0.4 is 15.1 Å². The highest BCUT2D eigenvalue weighted by atomic mass is 19.1. The van der Waals surface area contributed by atoms with Crippen molar-refractivity contribution in [3.8, 4) is 0 Å². The standard InChI is InChI=1S/C23H31FN4O/c1-3-27(4-2)20-11-9-19(10-12-20)25-23(29)13-14-26-15-17-28(18-16-26)22-8-6-5-7-21(22)24/h5-12H,3-4,13-18H2,1-2H3,(H,25,29). The van der Waals surface area contributed by atoms with E-state index in [-0.39, 0.29) is 11.7 Å². The molecule has 1 saturated heterocycles. The molecule has 6 heteroatoms. The first-order valence-electron chi connectivity index (χ1n) is 10.5. The van der Waals surface area contributed by atoms with Gasteiger partial charge in [0.1, 0.15) is 5.82 Å². The molecule has 0 aliphatic carbocycles. The molecule has 2 aromatic carbocycles. The van der Waals surface area contributed by atoms with Crippen molar-refractivity contribution < 1.29 is 9.18 Å². The molecule has 3 rings (SSSR count). The molecule has 1 N–H and O–H groups in total. The summed E-state index contributed by atoms with van der Waals surface area (Å²) in [6.45, 7) is 10.1. The van der Waals surface area contributed by atoms with Crippen LogP contribution in [0, 0.1) is 5.82 Å². The number of hydrogen-bond donors (Lipinski definition) is 1. The van der Waals surface area contributed by atoms with E-state index in [1.807, 2.05) is 36.4 Å². The minimum absolute atomic E-state index is 0.0251. The summed E-state index contributed by atoms with van der Waals surface area (Å²) in [5.41, 5.74) is 2.66. The summed E-state index contributed by atoms with van der Waals surface area (Å²) in [5.74, 6) is -0.149. The fourth-order valence-corrected chi connectivity index (χ4v) is 3.75. The molecule has 0 unspecified atom stereocenters. The summed E-state index contributed by atoms with van der Waals surface area (Å²) in [6.07, 6.45) is 0.456. The number of anilines is 3. The Kier molecular flexibility index (Phi) is 7.47. The highest BCUT2D eigenvalue weighted by Gasteiger charge is 2.19. The number of hydrogen-bond acceptors (Lipinski definition) is 4. The predicted molar refractivity (Wildman–Crippen MR) is 118 cm³/mol. The lowest BCUT2D eigenvalue weighted by molar-refractivity contribution is -0.116. The maximum atomic E-state index is 13.9. The minimum Gasteiger partial charge on any atom is -0.372 e. The van der Waals surface area contributed by atoms with E-state index >= 15 is 0 Å². The zero-order valence-corrected chi connectivity index (χ0v) is 17.4. The second-order valence-corrected chi connectivity index (χ2v) is 7.30. The van der Waals surface area contributed by atoms with Crippen molar-refractivity contribution in [3.63, 3.8) is 0 Å². The van der Waals surface area contributed by atoms with E-state index in [2.05, 4.69) is 33.9 Å². The number of carbonyl (C=O) groups is 1. The lowest BCUT2D eigenvalue weighted by Crippen LogP contribution is -2.47. The smallest absolute Gasteiger partial charge is 0.225 e. The zero-order valence-electron chi connectivity index (χ0n) is 17.4. The Morgan fingerprint density at radius 2 is 1.66 bits per heavy atom. The van der Waals surface area contributed by atoms with Crippen LogP contribution in [0.3, 0.4) is 0 Å². The van der Waals surface area contributed by atoms with Crippen LogP contribution >= 0.6 is 0 Å². The number of amides is 1. The third-order valence-corrected chi connectivity index (χ3v) is 5.50. The highest BCUT2D eigenvalue weighted by molar-refractivity contribution is 5.91. The fourth-order valence-electron chi connectivity index (χ4n) is 3.75. The molecule has 1 fully saturated rings. The third-order valence-electron chi connectivity index (χ3n) is 5.50. The summed E-state index contributed by atoms with van der Waals surface area (Å²) in [5, 5.41) is 2.98. The van der Waals surface area contributed by atoms with Crippen LogP contribution in [0.15, 0.2) is 48.5 Å². The van der Waals surface area contributed by atoms with E-state index in [9.17, 15) is 9.18 Å². The topological polar surface area (TPSA) is 38.8 Å². The van der Waals surface area contributed by atoms with Crippen LogP contribution in [-0.2, 0) is 4.79 Å². The van der Waals surface area contributed by atoms with Crippen molar-refractivity contribution in [1.29, 1.82) is 0 Å². The fraction of sp³-hybridized carbons (Fsp3) is 0.435. The first-order valence-corrected chi connectivity index (χ1v) is 10.5. The normalized spacial score (nSPS) is 14.7. The number of nitrogens with one attached hydrogen (secondary N) is 1. The van der Waals surface area contributed by atoms with Gasteiger partial charge in [0, 0.05) is 63.6 Å².